The van der Waals surface area contributed by atoms with Crippen LogP contribution in [0.1, 0.15) is 56.1 Å². The van der Waals surface area contributed by atoms with E-state index in [2.05, 4.69) is 26.0 Å². The highest BCUT2D eigenvalue weighted by Crippen LogP contribution is 2.65. The second kappa shape index (κ2) is 11.2. The smallest absolute Gasteiger partial charge is 0.319 e. The standard InChI is InChI=1S/C39H39F4N5O2/c1-3-27-30(40)8-5-23-14-26(49)15-28(32(23)27)31-22(2)13-29-34(33(31)41)45-36(46-35(29)48-16-24-6-7-25(17-48)44-24)50-21-37(10-11-37)19-47-12-4-9-38(20-47)18-39(38,42)43/h1,5,8,13-15,24-25,44,49H,4,6-7,9-12,16-21H2,2H3. The Morgan fingerprint density at radius 3 is 2.54 bits per heavy atom. The summed E-state index contributed by atoms with van der Waals surface area (Å²) >= 11 is 0. The van der Waals surface area contributed by atoms with Gasteiger partial charge in [0.2, 0.25) is 0 Å². The van der Waals surface area contributed by atoms with Crippen molar-refractivity contribution in [2.75, 3.05) is 44.2 Å². The third-order valence-corrected chi connectivity index (χ3v) is 12.0. The van der Waals surface area contributed by atoms with Gasteiger partial charge in [-0.15, -0.1) is 6.42 Å². The maximum Gasteiger partial charge on any atom is 0.319 e. The van der Waals surface area contributed by atoms with Crippen LogP contribution in [-0.2, 0) is 0 Å². The molecule has 0 amide bonds. The molecule has 3 atom stereocenters. The molecule has 0 radical (unpaired) electrons. The summed E-state index contributed by atoms with van der Waals surface area (Å²) in [6.07, 6.45) is 11.0. The lowest BCUT2D eigenvalue weighted by Crippen LogP contribution is -2.51. The maximum atomic E-state index is 17.2. The predicted molar refractivity (Wildman–Crippen MR) is 184 cm³/mol. The van der Waals surface area contributed by atoms with Gasteiger partial charge in [0.1, 0.15) is 22.9 Å². The zero-order chi connectivity index (χ0) is 34.6. The van der Waals surface area contributed by atoms with Crippen LogP contribution in [0.3, 0.4) is 0 Å². The lowest BCUT2D eigenvalue weighted by atomic mass is 9.90. The normalized spacial score (nSPS) is 26.4. The van der Waals surface area contributed by atoms with Crippen LogP contribution in [0.15, 0.2) is 30.3 Å². The maximum absolute atomic E-state index is 17.2. The Hall–Kier alpha value is -4.14. The number of aryl methyl sites for hydroxylation is 1. The van der Waals surface area contributed by atoms with Crippen LogP contribution in [0.25, 0.3) is 32.8 Å². The minimum Gasteiger partial charge on any atom is -0.508 e. The molecule has 3 saturated heterocycles. The number of rotatable bonds is 7. The molecule has 9 rings (SSSR count). The Balaban J connectivity index is 1.11. The number of halogens is 4. The van der Waals surface area contributed by atoms with Crippen LogP contribution >= 0.6 is 0 Å². The number of piperazine rings is 1. The fourth-order valence-electron chi connectivity index (χ4n) is 9.09. The van der Waals surface area contributed by atoms with Gasteiger partial charge in [-0.1, -0.05) is 12.0 Å². The highest BCUT2D eigenvalue weighted by Gasteiger charge is 2.71. The molecule has 5 aliphatic rings. The van der Waals surface area contributed by atoms with Crippen LogP contribution in [-0.4, -0.2) is 77.3 Å². The lowest BCUT2D eigenvalue weighted by molar-refractivity contribution is 0.0167. The van der Waals surface area contributed by atoms with Crippen molar-refractivity contribution in [3.8, 4) is 35.2 Å². The number of benzene rings is 3. The van der Waals surface area contributed by atoms with Crippen molar-refractivity contribution >= 4 is 27.5 Å². The van der Waals surface area contributed by atoms with E-state index in [1.54, 1.807) is 6.92 Å². The van der Waals surface area contributed by atoms with E-state index in [4.69, 9.17) is 16.1 Å². The summed E-state index contributed by atoms with van der Waals surface area (Å²) in [4.78, 5) is 13.9. The monoisotopic (exact) mass is 685 g/mol. The highest BCUT2D eigenvalue weighted by atomic mass is 19.3. The number of phenolic OH excluding ortho intramolecular Hbond substituents is 1. The topological polar surface area (TPSA) is 73.8 Å². The minimum absolute atomic E-state index is 0.0140. The third kappa shape index (κ3) is 5.17. The summed E-state index contributed by atoms with van der Waals surface area (Å²) in [6, 6.07) is 8.14. The molecule has 4 aromatic rings. The van der Waals surface area contributed by atoms with E-state index in [0.29, 0.717) is 78.8 Å². The Bertz CT molecular complexity index is 2100. The van der Waals surface area contributed by atoms with Gasteiger partial charge in [-0.2, -0.15) is 9.97 Å². The van der Waals surface area contributed by atoms with E-state index in [1.165, 1.54) is 24.3 Å². The number of nitrogens with one attached hydrogen (secondary N) is 1. The number of piperidine rings is 1. The van der Waals surface area contributed by atoms with E-state index in [1.807, 2.05) is 6.07 Å². The first-order chi connectivity index (χ1) is 24.0. The van der Waals surface area contributed by atoms with Gasteiger partial charge in [0.25, 0.3) is 5.92 Å². The highest BCUT2D eigenvalue weighted by molar-refractivity contribution is 6.05. The average molecular weight is 686 g/mol. The van der Waals surface area contributed by atoms with Crippen molar-refractivity contribution < 1.29 is 27.4 Å². The molecular weight excluding hydrogens is 646 g/mol. The van der Waals surface area contributed by atoms with Crippen LogP contribution in [0.2, 0.25) is 0 Å². The Morgan fingerprint density at radius 1 is 1.08 bits per heavy atom. The number of hydrogen-bond acceptors (Lipinski definition) is 7. The van der Waals surface area contributed by atoms with E-state index < -0.39 is 23.0 Å². The number of phenols is 1. The second-order valence-corrected chi connectivity index (χ2v) is 15.6. The van der Waals surface area contributed by atoms with Crippen LogP contribution in [0.5, 0.6) is 11.8 Å². The average Bonchev–Trinajstić information content (AvgIpc) is 3.91. The van der Waals surface area contributed by atoms with E-state index in [-0.39, 0.29) is 45.8 Å². The van der Waals surface area contributed by atoms with Crippen LogP contribution in [0, 0.1) is 41.7 Å². The van der Waals surface area contributed by atoms with Crippen molar-refractivity contribution in [2.45, 2.75) is 69.9 Å². The molecule has 2 aliphatic carbocycles. The fourth-order valence-corrected chi connectivity index (χ4v) is 9.09. The van der Waals surface area contributed by atoms with Crippen molar-refractivity contribution in [1.82, 2.24) is 20.2 Å². The SMILES string of the molecule is C#Cc1c(F)ccc2cc(O)cc(-c3c(C)cc4c(N5CC6CCC(C5)N6)nc(OCC5(CN6CCCC7(C6)CC7(F)F)CC5)nc4c3F)c12. The molecular formula is C39H39F4N5O2. The third-order valence-electron chi connectivity index (χ3n) is 12.0. The Morgan fingerprint density at radius 2 is 1.84 bits per heavy atom. The number of ether oxygens (including phenoxy) is 1. The summed E-state index contributed by atoms with van der Waals surface area (Å²) in [5.74, 6) is -0.922. The van der Waals surface area contributed by atoms with Crippen molar-refractivity contribution in [3.05, 3.63) is 53.1 Å². The molecule has 11 heteroatoms. The number of hydrogen-bond donors (Lipinski definition) is 2. The number of aromatic nitrogens is 2. The Kier molecular flexibility index (Phi) is 7.11. The van der Waals surface area contributed by atoms with Crippen molar-refractivity contribution in [2.24, 2.45) is 10.8 Å². The van der Waals surface area contributed by atoms with Crippen molar-refractivity contribution in [3.63, 3.8) is 0 Å². The summed E-state index contributed by atoms with van der Waals surface area (Å²) in [5, 5.41) is 15.7. The molecule has 1 spiro atoms. The number of anilines is 1. The molecule has 7 nitrogen and oxygen atoms in total. The zero-order valence-electron chi connectivity index (χ0n) is 28.0. The van der Waals surface area contributed by atoms with E-state index in [0.717, 1.165) is 38.6 Å². The van der Waals surface area contributed by atoms with Gasteiger partial charge in [-0.05, 0) is 92.8 Å². The number of alkyl halides is 2. The van der Waals surface area contributed by atoms with E-state index in [9.17, 15) is 18.3 Å². The molecule has 4 heterocycles. The molecule has 50 heavy (non-hydrogen) atoms. The Labute approximate surface area is 288 Å². The summed E-state index contributed by atoms with van der Waals surface area (Å²) < 4.78 is 67.0. The number of terminal acetylenes is 1. The minimum atomic E-state index is -2.57. The van der Waals surface area contributed by atoms with Gasteiger partial charge in [-0.3, -0.25) is 0 Å². The fraction of sp³-hybridized carbons (Fsp3) is 0.487. The first-order valence-corrected chi connectivity index (χ1v) is 17.6. The number of likely N-dealkylation sites (tertiary alicyclic amines) is 1. The number of nitrogens with zero attached hydrogens (tertiary/aromatic N) is 4. The van der Waals surface area contributed by atoms with Crippen LogP contribution in [0.4, 0.5) is 23.4 Å². The summed E-state index contributed by atoms with van der Waals surface area (Å²) in [5.41, 5.74) is -0.0330. The molecule has 2 saturated carbocycles. The molecule has 2 bridgehead atoms. The zero-order valence-corrected chi connectivity index (χ0v) is 28.0. The molecule has 5 fully saturated rings. The van der Waals surface area contributed by atoms with Gasteiger partial charge in [-0.25, -0.2) is 17.6 Å². The first-order valence-electron chi connectivity index (χ1n) is 17.6. The van der Waals surface area contributed by atoms with Crippen LogP contribution < -0.4 is 15.0 Å². The molecule has 260 valence electrons. The van der Waals surface area contributed by atoms with Crippen molar-refractivity contribution in [1.29, 1.82) is 0 Å². The number of fused-ring (bicyclic) bond motifs is 4. The van der Waals surface area contributed by atoms with Gasteiger partial charge in [0.05, 0.1) is 17.6 Å². The van der Waals surface area contributed by atoms with Gasteiger partial charge >= 0.3 is 6.01 Å². The molecule has 3 aromatic carbocycles. The number of aromatic hydroxyl groups is 1. The lowest BCUT2D eigenvalue weighted by Gasteiger charge is -2.35. The largest absolute Gasteiger partial charge is 0.508 e. The summed E-state index contributed by atoms with van der Waals surface area (Å²) in [7, 11) is 0. The predicted octanol–water partition coefficient (Wildman–Crippen LogP) is 6.94. The molecule has 2 N–H and O–H groups in total. The van der Waals surface area contributed by atoms with Gasteiger partial charge in [0.15, 0.2) is 5.82 Å². The second-order valence-electron chi connectivity index (χ2n) is 15.6. The van der Waals surface area contributed by atoms with Gasteiger partial charge < -0.3 is 25.0 Å². The quantitative estimate of drug-likeness (QED) is 0.161. The molecule has 3 unspecified atom stereocenters. The molecule has 3 aliphatic heterocycles. The van der Waals surface area contributed by atoms with Gasteiger partial charge in [0, 0.05) is 66.4 Å². The summed E-state index contributed by atoms with van der Waals surface area (Å²) in [6.45, 7) is 5.36. The molecule has 1 aromatic heterocycles. The van der Waals surface area contributed by atoms with E-state index >= 15 is 4.39 Å². The first kappa shape index (κ1) is 31.8.